The smallest absolute Gasteiger partial charge is 0.261 e. The third-order valence-corrected chi connectivity index (χ3v) is 9.13. The number of hydrogen-bond donors (Lipinski definition) is 0. The molecule has 0 bridgehead atoms. The summed E-state index contributed by atoms with van der Waals surface area (Å²) in [7, 11) is 0. The van der Waals surface area contributed by atoms with Gasteiger partial charge in [-0.2, -0.15) is 0 Å². The fourth-order valence-corrected chi connectivity index (χ4v) is 6.28. The zero-order chi connectivity index (χ0) is 39.0. The predicted molar refractivity (Wildman–Crippen MR) is 211 cm³/mol. The van der Waals surface area contributed by atoms with E-state index < -0.39 is 12.6 Å². The van der Waals surface area contributed by atoms with Gasteiger partial charge in [0, 0.05) is 26.4 Å². The van der Waals surface area contributed by atoms with Crippen molar-refractivity contribution in [1.82, 2.24) is 9.80 Å². The first-order chi connectivity index (χ1) is 26.4. The summed E-state index contributed by atoms with van der Waals surface area (Å²) in [6, 6.07) is 13.7. The van der Waals surface area contributed by atoms with Crippen LogP contribution < -0.4 is 0 Å². The Bertz CT molecular complexity index is 1430. The second-order valence-corrected chi connectivity index (χ2v) is 13.2. The molecule has 54 heavy (non-hydrogen) atoms. The predicted octanol–water partition coefficient (Wildman–Crippen LogP) is 9.16. The van der Waals surface area contributed by atoms with Crippen LogP contribution in [-0.2, 0) is 18.9 Å². The lowest BCUT2D eigenvalue weighted by Gasteiger charge is -2.22. The number of ether oxygens (including phenoxy) is 4. The number of nitrogens with zero attached hydrogens (tertiary/aromatic N) is 2. The van der Waals surface area contributed by atoms with E-state index in [1.807, 2.05) is 20.8 Å². The van der Waals surface area contributed by atoms with Gasteiger partial charge in [0.05, 0.1) is 35.3 Å². The first-order valence-corrected chi connectivity index (χ1v) is 20.0. The van der Waals surface area contributed by atoms with Gasteiger partial charge in [0.1, 0.15) is 0 Å². The van der Waals surface area contributed by atoms with Crippen LogP contribution in [0.4, 0.5) is 0 Å². The molecule has 0 N–H and O–H groups in total. The number of imide groups is 2. The van der Waals surface area contributed by atoms with E-state index in [0.29, 0.717) is 48.7 Å². The van der Waals surface area contributed by atoms with Crippen molar-refractivity contribution in [2.24, 2.45) is 0 Å². The summed E-state index contributed by atoms with van der Waals surface area (Å²) < 4.78 is 22.3. The molecule has 2 aromatic rings. The number of carbonyl (C=O) groups is 4. The lowest BCUT2D eigenvalue weighted by Crippen LogP contribution is -2.39. The van der Waals surface area contributed by atoms with Gasteiger partial charge in [-0.1, -0.05) is 94.0 Å². The topological polar surface area (TPSA) is 112 Å². The molecule has 2 heterocycles. The van der Waals surface area contributed by atoms with Crippen molar-refractivity contribution in [1.29, 1.82) is 0 Å². The molecule has 1 atom stereocenters. The number of fused-ring (bicyclic) bond motifs is 2. The second kappa shape index (κ2) is 26.0. The Labute approximate surface area is 322 Å². The summed E-state index contributed by atoms with van der Waals surface area (Å²) >= 11 is 0. The van der Waals surface area contributed by atoms with Crippen molar-refractivity contribution in [3.8, 4) is 0 Å². The lowest BCUT2D eigenvalue weighted by molar-refractivity contribution is -0.144. The molecule has 2 aromatic carbocycles. The standard InChI is InChI=1S/C30H45NO4.C14H17NO4/c1-3-5-6-7-8-9-10-11-12-13-14-15-16-17-18-21-24-35-28(34-4-2)25-31-29(32)26-22-19-20-23-27(26)30(31)33;1-3-18-12(19-4-2)9-15-13(16)10-7-5-6-8-11(10)14(15)17/h8-9,11-12,19-20,22-23,28H,3-7,10,13-18,21,24-25H2,1-2H3;5-8,12H,3-4,9H2,1-2H3/b9-8-,12-11-;. The maximum absolute atomic E-state index is 12.6. The van der Waals surface area contributed by atoms with Crippen LogP contribution in [0, 0.1) is 0 Å². The van der Waals surface area contributed by atoms with Gasteiger partial charge in [0.25, 0.3) is 23.6 Å². The third kappa shape index (κ3) is 14.4. The van der Waals surface area contributed by atoms with Crippen molar-refractivity contribution in [2.75, 3.05) is 39.5 Å². The minimum absolute atomic E-state index is 0.119. The van der Waals surface area contributed by atoms with Crippen molar-refractivity contribution in [3.05, 3.63) is 95.1 Å². The van der Waals surface area contributed by atoms with Crippen molar-refractivity contribution in [3.63, 3.8) is 0 Å². The molecule has 2 aliphatic rings. The molecule has 296 valence electrons. The van der Waals surface area contributed by atoms with Crippen molar-refractivity contribution >= 4 is 23.6 Å². The highest BCUT2D eigenvalue weighted by molar-refractivity contribution is 6.22. The van der Waals surface area contributed by atoms with Crippen LogP contribution in [0.2, 0.25) is 0 Å². The minimum Gasteiger partial charge on any atom is -0.351 e. The van der Waals surface area contributed by atoms with E-state index >= 15 is 0 Å². The molecular formula is C44H62N2O8. The summed E-state index contributed by atoms with van der Waals surface area (Å²) in [5, 5.41) is 0. The van der Waals surface area contributed by atoms with Crippen LogP contribution in [0.1, 0.15) is 146 Å². The number of hydrogen-bond acceptors (Lipinski definition) is 8. The van der Waals surface area contributed by atoms with Gasteiger partial charge < -0.3 is 18.9 Å². The van der Waals surface area contributed by atoms with E-state index in [1.54, 1.807) is 48.5 Å². The molecule has 0 spiro atoms. The van der Waals surface area contributed by atoms with Crippen molar-refractivity contribution in [2.45, 2.75) is 117 Å². The molecule has 10 heteroatoms. The molecule has 0 aromatic heterocycles. The highest BCUT2D eigenvalue weighted by atomic mass is 16.7. The molecule has 0 fully saturated rings. The Kier molecular flexibility index (Phi) is 21.4. The Hall–Kier alpha value is -3.96. The number of unbranched alkanes of at least 4 members (excludes halogenated alkanes) is 9. The molecule has 4 amide bonds. The second-order valence-electron chi connectivity index (χ2n) is 13.2. The Morgan fingerprint density at radius 3 is 1.26 bits per heavy atom. The summed E-state index contributed by atoms with van der Waals surface area (Å²) in [5.41, 5.74) is 1.80. The highest BCUT2D eigenvalue weighted by Gasteiger charge is 2.37. The number of carbonyl (C=O) groups excluding carboxylic acids is 4. The summed E-state index contributed by atoms with van der Waals surface area (Å²) in [4.78, 5) is 51.8. The summed E-state index contributed by atoms with van der Waals surface area (Å²) in [6.07, 6.45) is 22.4. The zero-order valence-electron chi connectivity index (χ0n) is 33.0. The van der Waals surface area contributed by atoms with Crippen LogP contribution in [0.5, 0.6) is 0 Å². The molecule has 0 aliphatic carbocycles. The average Bonchev–Trinajstić information content (AvgIpc) is 3.56. The van der Waals surface area contributed by atoms with E-state index in [9.17, 15) is 19.2 Å². The number of rotatable bonds is 26. The van der Waals surface area contributed by atoms with Gasteiger partial charge in [0.15, 0.2) is 12.6 Å². The van der Waals surface area contributed by atoms with Crippen LogP contribution in [0.3, 0.4) is 0 Å². The van der Waals surface area contributed by atoms with E-state index in [4.69, 9.17) is 18.9 Å². The molecule has 0 saturated carbocycles. The zero-order valence-corrected chi connectivity index (χ0v) is 33.0. The summed E-state index contributed by atoms with van der Waals surface area (Å²) in [5.74, 6) is -1.12. The monoisotopic (exact) mass is 746 g/mol. The van der Waals surface area contributed by atoms with Gasteiger partial charge >= 0.3 is 0 Å². The average molecular weight is 747 g/mol. The molecule has 4 rings (SSSR count). The van der Waals surface area contributed by atoms with Gasteiger partial charge in [-0.05, 0) is 83.6 Å². The Balaban J connectivity index is 0.000000345. The fraction of sp³-hybridized carbons (Fsp3) is 0.545. The lowest BCUT2D eigenvalue weighted by atomic mass is 10.1. The highest BCUT2D eigenvalue weighted by Crippen LogP contribution is 2.24. The van der Waals surface area contributed by atoms with Gasteiger partial charge in [-0.15, -0.1) is 0 Å². The van der Waals surface area contributed by atoms with E-state index in [2.05, 4.69) is 31.2 Å². The first-order valence-electron chi connectivity index (χ1n) is 20.0. The molecule has 10 nitrogen and oxygen atoms in total. The summed E-state index contributed by atoms with van der Waals surface area (Å²) in [6.45, 7) is 10.0. The van der Waals surface area contributed by atoms with Gasteiger partial charge in [0.2, 0.25) is 0 Å². The fourth-order valence-electron chi connectivity index (χ4n) is 6.28. The van der Waals surface area contributed by atoms with Gasteiger partial charge in [-0.25, -0.2) is 0 Å². The van der Waals surface area contributed by atoms with Crippen LogP contribution in [0.15, 0.2) is 72.8 Å². The van der Waals surface area contributed by atoms with Crippen LogP contribution in [-0.4, -0.2) is 85.5 Å². The maximum Gasteiger partial charge on any atom is 0.261 e. The number of allylic oxidation sites excluding steroid dienone is 4. The normalized spacial score (nSPS) is 14.5. The molecule has 2 aliphatic heterocycles. The number of benzene rings is 2. The molecule has 0 saturated heterocycles. The van der Waals surface area contributed by atoms with E-state index in [-0.39, 0.29) is 36.7 Å². The van der Waals surface area contributed by atoms with Crippen molar-refractivity contribution < 1.29 is 38.1 Å². The van der Waals surface area contributed by atoms with Crippen LogP contribution >= 0.6 is 0 Å². The quantitative estimate of drug-likeness (QED) is 0.0406. The first kappa shape index (κ1) is 44.4. The Morgan fingerprint density at radius 1 is 0.481 bits per heavy atom. The SMILES string of the molecule is CCCCC/C=C\C/C=C\CCCCCCCCOC(CN1C(=O)c2ccccc2C1=O)OCC.CCOC(CN1C(=O)c2ccccc2C1=O)OCC. The molecule has 0 radical (unpaired) electrons. The largest absolute Gasteiger partial charge is 0.351 e. The van der Waals surface area contributed by atoms with E-state index in [0.717, 1.165) is 19.3 Å². The Morgan fingerprint density at radius 2 is 0.852 bits per heavy atom. The van der Waals surface area contributed by atoms with Gasteiger partial charge in [-0.3, -0.25) is 29.0 Å². The number of amides is 4. The molecule has 1 unspecified atom stereocenters. The van der Waals surface area contributed by atoms with E-state index in [1.165, 1.54) is 67.6 Å². The van der Waals surface area contributed by atoms with Crippen LogP contribution in [0.25, 0.3) is 0 Å². The maximum atomic E-state index is 12.6. The minimum atomic E-state index is -0.583. The molecular weight excluding hydrogens is 684 g/mol. The third-order valence-electron chi connectivity index (χ3n) is 9.13.